The Morgan fingerprint density at radius 3 is 2.74 bits per heavy atom. The van der Waals surface area contributed by atoms with Gasteiger partial charge in [0.05, 0.1) is 0 Å². The second kappa shape index (κ2) is 3.60. The van der Waals surface area contributed by atoms with Crippen LogP contribution in [0.2, 0.25) is 0 Å². The fourth-order valence-corrected chi connectivity index (χ4v) is 2.80. The SMILES string of the molecule is CC(C)c1cccc2nc3c4ccccc4[nH]c3n12. The lowest BCUT2D eigenvalue weighted by Gasteiger charge is -2.08. The summed E-state index contributed by atoms with van der Waals surface area (Å²) >= 11 is 0. The topological polar surface area (TPSA) is 33.1 Å². The van der Waals surface area contributed by atoms with E-state index in [-0.39, 0.29) is 0 Å². The summed E-state index contributed by atoms with van der Waals surface area (Å²) in [5.41, 5.74) is 5.60. The molecule has 0 bridgehead atoms. The maximum atomic E-state index is 4.78. The third-order valence-corrected chi connectivity index (χ3v) is 3.70. The molecule has 3 heteroatoms. The predicted octanol–water partition coefficient (Wildman–Crippen LogP) is 4.09. The molecule has 0 aliphatic rings. The first kappa shape index (κ1) is 10.6. The van der Waals surface area contributed by atoms with Gasteiger partial charge in [0.25, 0.3) is 0 Å². The summed E-state index contributed by atoms with van der Waals surface area (Å²) in [7, 11) is 0. The van der Waals surface area contributed by atoms with E-state index >= 15 is 0 Å². The van der Waals surface area contributed by atoms with Gasteiger partial charge in [-0.15, -0.1) is 0 Å². The Bertz CT molecular complexity index is 896. The van der Waals surface area contributed by atoms with Crippen LogP contribution in [0, 0.1) is 0 Å². The fraction of sp³-hybridized carbons (Fsp3) is 0.188. The van der Waals surface area contributed by atoms with Crippen molar-refractivity contribution in [2.75, 3.05) is 0 Å². The van der Waals surface area contributed by atoms with Crippen LogP contribution in [0.4, 0.5) is 0 Å². The summed E-state index contributed by atoms with van der Waals surface area (Å²) in [6.45, 7) is 4.42. The first-order valence-corrected chi connectivity index (χ1v) is 6.63. The molecule has 0 saturated carbocycles. The molecular weight excluding hydrogens is 234 g/mol. The molecule has 0 atom stereocenters. The van der Waals surface area contributed by atoms with Gasteiger partial charge < -0.3 is 4.98 Å². The van der Waals surface area contributed by atoms with Gasteiger partial charge in [0.2, 0.25) is 0 Å². The molecule has 19 heavy (non-hydrogen) atoms. The number of pyridine rings is 1. The standard InChI is InChI=1S/C16H15N3/c1-10(2)13-8-5-9-14-18-15-11-6-3-4-7-12(11)17-16(15)19(13)14/h3-10,17H,1-2H3. The highest BCUT2D eigenvalue weighted by molar-refractivity contribution is 6.05. The number of rotatable bonds is 1. The molecule has 0 unspecified atom stereocenters. The van der Waals surface area contributed by atoms with Gasteiger partial charge in [0.1, 0.15) is 16.8 Å². The molecule has 0 fully saturated rings. The molecule has 4 rings (SSSR count). The predicted molar refractivity (Wildman–Crippen MR) is 78.6 cm³/mol. The first-order chi connectivity index (χ1) is 9.25. The second-order valence-electron chi connectivity index (χ2n) is 5.28. The van der Waals surface area contributed by atoms with Crippen LogP contribution >= 0.6 is 0 Å². The van der Waals surface area contributed by atoms with Crippen molar-refractivity contribution in [3.8, 4) is 0 Å². The average molecular weight is 249 g/mol. The fourth-order valence-electron chi connectivity index (χ4n) is 2.80. The minimum Gasteiger partial charge on any atom is -0.339 e. The summed E-state index contributed by atoms with van der Waals surface area (Å²) in [6, 6.07) is 14.6. The maximum absolute atomic E-state index is 4.78. The number of nitrogens with zero attached hydrogens (tertiary/aromatic N) is 2. The Hall–Kier alpha value is -2.29. The lowest BCUT2D eigenvalue weighted by atomic mass is 10.1. The molecule has 0 aliphatic carbocycles. The van der Waals surface area contributed by atoms with E-state index in [1.807, 2.05) is 6.07 Å². The van der Waals surface area contributed by atoms with Crippen molar-refractivity contribution in [1.29, 1.82) is 0 Å². The summed E-state index contributed by atoms with van der Waals surface area (Å²) in [5, 5.41) is 1.19. The van der Waals surface area contributed by atoms with Gasteiger partial charge in [-0.3, -0.25) is 4.40 Å². The van der Waals surface area contributed by atoms with Gasteiger partial charge in [0, 0.05) is 16.6 Å². The van der Waals surface area contributed by atoms with Gasteiger partial charge in [-0.1, -0.05) is 38.1 Å². The van der Waals surface area contributed by atoms with Crippen LogP contribution in [-0.4, -0.2) is 14.4 Å². The Kier molecular flexibility index (Phi) is 2.01. The Balaban J connectivity index is 2.26. The molecule has 0 spiro atoms. The normalized spacial score (nSPS) is 12.2. The van der Waals surface area contributed by atoms with Gasteiger partial charge in [-0.2, -0.15) is 0 Å². The molecule has 94 valence electrons. The summed E-state index contributed by atoms with van der Waals surface area (Å²) in [6.07, 6.45) is 0. The van der Waals surface area contributed by atoms with Crippen LogP contribution in [0.3, 0.4) is 0 Å². The lowest BCUT2D eigenvalue weighted by Crippen LogP contribution is -1.98. The Morgan fingerprint density at radius 1 is 1.05 bits per heavy atom. The molecule has 1 N–H and O–H groups in total. The van der Waals surface area contributed by atoms with Crippen molar-refractivity contribution in [2.45, 2.75) is 19.8 Å². The maximum Gasteiger partial charge on any atom is 0.143 e. The molecule has 0 aliphatic heterocycles. The molecule has 3 heterocycles. The lowest BCUT2D eigenvalue weighted by molar-refractivity contribution is 0.807. The summed E-state index contributed by atoms with van der Waals surface area (Å²) < 4.78 is 2.24. The number of benzene rings is 1. The van der Waals surface area contributed by atoms with Gasteiger partial charge in [0.15, 0.2) is 0 Å². The number of fused-ring (bicyclic) bond motifs is 5. The van der Waals surface area contributed by atoms with Crippen molar-refractivity contribution in [2.24, 2.45) is 0 Å². The van der Waals surface area contributed by atoms with E-state index < -0.39 is 0 Å². The summed E-state index contributed by atoms with van der Waals surface area (Å²) in [5.74, 6) is 0.465. The molecular formula is C16H15N3. The van der Waals surface area contributed by atoms with Crippen molar-refractivity contribution in [1.82, 2.24) is 14.4 Å². The van der Waals surface area contributed by atoms with Gasteiger partial charge in [-0.05, 0) is 24.1 Å². The number of hydrogen-bond donors (Lipinski definition) is 1. The highest BCUT2D eigenvalue weighted by Gasteiger charge is 2.14. The second-order valence-corrected chi connectivity index (χ2v) is 5.28. The molecule has 0 amide bonds. The zero-order valence-corrected chi connectivity index (χ0v) is 11.0. The van der Waals surface area contributed by atoms with Crippen LogP contribution in [0.15, 0.2) is 42.5 Å². The Labute approximate surface area is 110 Å². The van der Waals surface area contributed by atoms with E-state index in [1.165, 1.54) is 11.1 Å². The number of H-pyrrole nitrogens is 1. The van der Waals surface area contributed by atoms with Crippen LogP contribution in [-0.2, 0) is 0 Å². The van der Waals surface area contributed by atoms with Crippen LogP contribution in [0.25, 0.3) is 27.7 Å². The number of hydrogen-bond acceptors (Lipinski definition) is 1. The van der Waals surface area contributed by atoms with Gasteiger partial charge in [-0.25, -0.2) is 4.98 Å². The zero-order valence-electron chi connectivity index (χ0n) is 11.0. The van der Waals surface area contributed by atoms with E-state index in [1.54, 1.807) is 0 Å². The summed E-state index contributed by atoms with van der Waals surface area (Å²) in [4.78, 5) is 8.27. The number of imidazole rings is 1. The van der Waals surface area contributed by atoms with Crippen molar-refractivity contribution >= 4 is 27.7 Å². The van der Waals surface area contributed by atoms with Crippen LogP contribution < -0.4 is 0 Å². The average Bonchev–Trinajstić information content (AvgIpc) is 2.94. The molecule has 0 saturated heterocycles. The van der Waals surface area contributed by atoms with E-state index in [4.69, 9.17) is 4.98 Å². The van der Waals surface area contributed by atoms with E-state index in [0.29, 0.717) is 5.92 Å². The zero-order chi connectivity index (χ0) is 13.0. The Morgan fingerprint density at radius 2 is 1.89 bits per heavy atom. The smallest absolute Gasteiger partial charge is 0.143 e. The minimum absolute atomic E-state index is 0.465. The first-order valence-electron chi connectivity index (χ1n) is 6.63. The van der Waals surface area contributed by atoms with E-state index in [2.05, 4.69) is 59.6 Å². The van der Waals surface area contributed by atoms with Gasteiger partial charge >= 0.3 is 0 Å². The van der Waals surface area contributed by atoms with Crippen molar-refractivity contribution in [3.63, 3.8) is 0 Å². The highest BCUT2D eigenvalue weighted by atomic mass is 15.1. The molecule has 0 radical (unpaired) electrons. The van der Waals surface area contributed by atoms with E-state index in [0.717, 1.165) is 22.3 Å². The van der Waals surface area contributed by atoms with E-state index in [9.17, 15) is 0 Å². The van der Waals surface area contributed by atoms with Crippen LogP contribution in [0.1, 0.15) is 25.5 Å². The van der Waals surface area contributed by atoms with Crippen molar-refractivity contribution in [3.05, 3.63) is 48.2 Å². The monoisotopic (exact) mass is 249 g/mol. The number of aromatic amines is 1. The number of aromatic nitrogens is 3. The molecule has 1 aromatic carbocycles. The van der Waals surface area contributed by atoms with Crippen LogP contribution in [0.5, 0.6) is 0 Å². The third kappa shape index (κ3) is 1.35. The number of para-hydroxylation sites is 1. The largest absolute Gasteiger partial charge is 0.339 e. The van der Waals surface area contributed by atoms with Crippen molar-refractivity contribution < 1.29 is 0 Å². The quantitative estimate of drug-likeness (QED) is 0.541. The molecule has 3 nitrogen and oxygen atoms in total. The number of nitrogens with one attached hydrogen (secondary N) is 1. The molecule has 3 aromatic heterocycles. The minimum atomic E-state index is 0.465. The highest BCUT2D eigenvalue weighted by Crippen LogP contribution is 2.28. The third-order valence-electron chi connectivity index (χ3n) is 3.70. The molecule has 4 aromatic rings.